The van der Waals surface area contributed by atoms with E-state index in [1.54, 1.807) is 20.8 Å². The molecule has 1 amide bonds. The van der Waals surface area contributed by atoms with E-state index >= 15 is 0 Å². The average Bonchev–Trinajstić information content (AvgIpc) is 2.87. The lowest BCUT2D eigenvalue weighted by Gasteiger charge is -2.28. The van der Waals surface area contributed by atoms with E-state index in [2.05, 4.69) is 10.4 Å². The third-order valence-electron chi connectivity index (χ3n) is 3.41. The second kappa shape index (κ2) is 6.00. The second-order valence-electron chi connectivity index (χ2n) is 5.38. The topological polar surface area (TPSA) is 110 Å². The van der Waals surface area contributed by atoms with Crippen LogP contribution in [0.4, 0.5) is 5.69 Å². The monoisotopic (exact) mass is 284 g/mol. The highest BCUT2D eigenvalue weighted by molar-refractivity contribution is 5.83. The first-order valence-corrected chi connectivity index (χ1v) is 6.31. The molecule has 0 spiro atoms. The van der Waals surface area contributed by atoms with Crippen molar-refractivity contribution in [2.45, 2.75) is 39.3 Å². The lowest BCUT2D eigenvalue weighted by atomic mass is 10.0. The number of nitrogens with zero attached hydrogens (tertiary/aromatic N) is 3. The van der Waals surface area contributed by atoms with Gasteiger partial charge in [0.05, 0.1) is 4.92 Å². The van der Waals surface area contributed by atoms with Crippen LogP contribution in [-0.2, 0) is 10.3 Å². The maximum absolute atomic E-state index is 12.3. The first-order valence-electron chi connectivity index (χ1n) is 6.31. The van der Waals surface area contributed by atoms with Gasteiger partial charge < -0.3 is 10.4 Å². The fourth-order valence-corrected chi connectivity index (χ4v) is 1.50. The van der Waals surface area contributed by atoms with E-state index < -0.39 is 10.5 Å². The van der Waals surface area contributed by atoms with Crippen LogP contribution in [0.2, 0.25) is 0 Å². The van der Waals surface area contributed by atoms with Crippen LogP contribution in [0.5, 0.6) is 0 Å². The number of aliphatic hydroxyl groups is 1. The molecule has 0 fully saturated rings. The van der Waals surface area contributed by atoms with Gasteiger partial charge >= 0.3 is 5.69 Å². The molecule has 0 saturated carbocycles. The molecule has 1 rings (SSSR count). The number of carbonyl (C=O) groups excluding carboxylic acids is 1. The van der Waals surface area contributed by atoms with E-state index in [9.17, 15) is 14.9 Å². The molecule has 1 aromatic rings. The molecular weight excluding hydrogens is 264 g/mol. The summed E-state index contributed by atoms with van der Waals surface area (Å²) in [7, 11) is 0. The summed E-state index contributed by atoms with van der Waals surface area (Å²) in [5.74, 6) is -0.398. The maximum Gasteiger partial charge on any atom is 0.307 e. The number of hydrogen-bond acceptors (Lipinski definition) is 5. The summed E-state index contributed by atoms with van der Waals surface area (Å²) in [5.41, 5.74) is -1.22. The van der Waals surface area contributed by atoms with Gasteiger partial charge in [-0.2, -0.15) is 5.10 Å². The fraction of sp³-hybridized carbons (Fsp3) is 0.667. The summed E-state index contributed by atoms with van der Waals surface area (Å²) in [5, 5.41) is 26.3. The summed E-state index contributed by atoms with van der Waals surface area (Å²) < 4.78 is 1.26. The lowest BCUT2D eigenvalue weighted by molar-refractivity contribution is -0.385. The van der Waals surface area contributed by atoms with Crippen molar-refractivity contribution in [2.24, 2.45) is 5.92 Å². The van der Waals surface area contributed by atoms with Crippen molar-refractivity contribution in [3.63, 3.8) is 0 Å². The minimum Gasteiger partial charge on any atom is -0.396 e. The molecule has 0 bridgehead atoms. The van der Waals surface area contributed by atoms with Gasteiger partial charge in [-0.3, -0.25) is 19.6 Å². The minimum atomic E-state index is -1.06. The Labute approximate surface area is 116 Å². The molecule has 1 heterocycles. The Bertz CT molecular complexity index is 497. The van der Waals surface area contributed by atoms with Crippen molar-refractivity contribution in [1.29, 1.82) is 0 Å². The molecule has 8 nitrogen and oxygen atoms in total. The summed E-state index contributed by atoms with van der Waals surface area (Å²) in [6.07, 6.45) is 2.33. The quantitative estimate of drug-likeness (QED) is 0.589. The van der Waals surface area contributed by atoms with Gasteiger partial charge in [-0.25, -0.2) is 0 Å². The molecule has 0 aliphatic carbocycles. The van der Waals surface area contributed by atoms with E-state index in [-0.39, 0.29) is 30.2 Å². The predicted molar refractivity (Wildman–Crippen MR) is 72.1 cm³/mol. The van der Waals surface area contributed by atoms with E-state index in [0.717, 1.165) is 6.20 Å². The van der Waals surface area contributed by atoms with Crippen molar-refractivity contribution in [2.75, 3.05) is 6.61 Å². The largest absolute Gasteiger partial charge is 0.396 e. The first kappa shape index (κ1) is 16.1. The summed E-state index contributed by atoms with van der Waals surface area (Å²) in [4.78, 5) is 22.3. The highest BCUT2D eigenvalue weighted by Gasteiger charge is 2.33. The van der Waals surface area contributed by atoms with Gasteiger partial charge in [0.2, 0.25) is 5.91 Å². The van der Waals surface area contributed by atoms with E-state index in [1.165, 1.54) is 10.9 Å². The Morgan fingerprint density at radius 3 is 2.65 bits per heavy atom. The van der Waals surface area contributed by atoms with Crippen LogP contribution in [0.15, 0.2) is 12.4 Å². The highest BCUT2D eigenvalue weighted by atomic mass is 16.6. The molecule has 2 unspecified atom stereocenters. The van der Waals surface area contributed by atoms with Gasteiger partial charge in [0, 0.05) is 12.6 Å². The van der Waals surface area contributed by atoms with Gasteiger partial charge in [-0.05, 0) is 26.7 Å². The minimum absolute atomic E-state index is 0.0326. The van der Waals surface area contributed by atoms with Crippen LogP contribution in [0, 0.1) is 16.0 Å². The molecule has 2 atom stereocenters. The number of carbonyl (C=O) groups is 1. The number of nitro groups is 1. The van der Waals surface area contributed by atoms with Crippen molar-refractivity contribution < 1.29 is 14.8 Å². The Morgan fingerprint density at radius 1 is 1.60 bits per heavy atom. The third kappa shape index (κ3) is 3.32. The van der Waals surface area contributed by atoms with Crippen LogP contribution in [-0.4, -0.2) is 38.4 Å². The Kier molecular flexibility index (Phi) is 4.83. The van der Waals surface area contributed by atoms with Crippen molar-refractivity contribution in [3.8, 4) is 0 Å². The second-order valence-corrected chi connectivity index (χ2v) is 5.38. The van der Waals surface area contributed by atoms with E-state index in [0.29, 0.717) is 0 Å². The number of aromatic nitrogens is 2. The number of hydrogen-bond donors (Lipinski definition) is 2. The van der Waals surface area contributed by atoms with Crippen LogP contribution in [0.1, 0.15) is 27.7 Å². The average molecular weight is 284 g/mol. The number of rotatable bonds is 6. The molecule has 0 aliphatic heterocycles. The van der Waals surface area contributed by atoms with Crippen LogP contribution >= 0.6 is 0 Å². The zero-order valence-electron chi connectivity index (χ0n) is 12.0. The zero-order valence-corrected chi connectivity index (χ0v) is 12.0. The Morgan fingerprint density at radius 2 is 2.20 bits per heavy atom. The number of aliphatic hydroxyl groups excluding tert-OH is 1. The van der Waals surface area contributed by atoms with Gasteiger partial charge in [-0.15, -0.1) is 0 Å². The SMILES string of the molecule is CC(CO)C(C)NC(=O)C(C)(C)n1cc([N+](=O)[O-])cn1. The predicted octanol–water partition coefficient (Wildman–Crippen LogP) is 0.659. The summed E-state index contributed by atoms with van der Waals surface area (Å²) in [6, 6.07) is -0.211. The van der Waals surface area contributed by atoms with Crippen LogP contribution in [0.25, 0.3) is 0 Å². The van der Waals surface area contributed by atoms with Gasteiger partial charge in [-0.1, -0.05) is 6.92 Å². The lowest BCUT2D eigenvalue weighted by Crippen LogP contribution is -2.49. The van der Waals surface area contributed by atoms with E-state index in [4.69, 9.17) is 5.11 Å². The smallest absolute Gasteiger partial charge is 0.307 e. The maximum atomic E-state index is 12.3. The third-order valence-corrected chi connectivity index (χ3v) is 3.41. The van der Waals surface area contributed by atoms with Crippen molar-refractivity contribution >= 4 is 11.6 Å². The first-order chi connectivity index (χ1) is 9.20. The molecule has 20 heavy (non-hydrogen) atoms. The molecule has 0 aromatic carbocycles. The van der Waals surface area contributed by atoms with Crippen molar-refractivity contribution in [3.05, 3.63) is 22.5 Å². The summed E-state index contributed by atoms with van der Waals surface area (Å²) >= 11 is 0. The molecule has 1 aromatic heterocycles. The highest BCUT2D eigenvalue weighted by Crippen LogP contribution is 2.19. The van der Waals surface area contributed by atoms with E-state index in [1.807, 2.05) is 6.92 Å². The summed E-state index contributed by atoms with van der Waals surface area (Å²) in [6.45, 7) is 6.82. The molecule has 2 N–H and O–H groups in total. The molecule has 0 saturated heterocycles. The molecule has 8 heteroatoms. The van der Waals surface area contributed by atoms with Gasteiger partial charge in [0.25, 0.3) is 0 Å². The Hall–Kier alpha value is -1.96. The fourth-order valence-electron chi connectivity index (χ4n) is 1.50. The molecule has 112 valence electrons. The molecule has 0 radical (unpaired) electrons. The number of nitrogens with one attached hydrogen (secondary N) is 1. The molecular formula is C12H20N4O4. The molecule has 0 aliphatic rings. The van der Waals surface area contributed by atoms with Crippen LogP contribution < -0.4 is 5.32 Å². The Balaban J connectivity index is 2.86. The number of amides is 1. The van der Waals surface area contributed by atoms with Gasteiger partial charge in [0.15, 0.2) is 0 Å². The zero-order chi connectivity index (χ0) is 15.5. The normalized spacial score (nSPS) is 14.7. The standard InChI is InChI=1S/C12H20N4O4/c1-8(7-17)9(2)14-11(18)12(3,4)15-6-10(5-13-15)16(19)20/h5-6,8-9,17H,7H2,1-4H3,(H,14,18). The van der Waals surface area contributed by atoms with Crippen molar-refractivity contribution in [1.82, 2.24) is 15.1 Å². The van der Waals surface area contributed by atoms with Gasteiger partial charge in [0.1, 0.15) is 17.9 Å². The van der Waals surface area contributed by atoms with Crippen LogP contribution in [0.3, 0.4) is 0 Å².